The molecule has 78 valence electrons. The first-order chi connectivity index (χ1) is 7.02. The molecule has 0 aliphatic rings. The molecular weight excluding hydrogens is 205 g/mol. The Morgan fingerprint density at radius 2 is 1.60 bits per heavy atom. The van der Waals surface area contributed by atoms with E-state index in [1.165, 1.54) is 6.07 Å². The summed E-state index contributed by atoms with van der Waals surface area (Å²) in [5.41, 5.74) is 10.4. The zero-order chi connectivity index (χ0) is 11.2. The van der Waals surface area contributed by atoms with Crippen molar-refractivity contribution in [2.45, 2.75) is 0 Å². The van der Waals surface area contributed by atoms with Crippen molar-refractivity contribution in [3.63, 3.8) is 0 Å². The number of halogens is 3. The Balaban J connectivity index is 3.04. The highest BCUT2D eigenvalue weighted by atomic mass is 19.2. The largest absolute Gasteiger partial charge is 0.398 e. The third kappa shape index (κ3) is 1.27. The second-order valence-electron chi connectivity index (χ2n) is 3.15. The van der Waals surface area contributed by atoms with Crippen molar-refractivity contribution in [2.75, 3.05) is 11.5 Å². The van der Waals surface area contributed by atoms with Crippen LogP contribution in [0.1, 0.15) is 0 Å². The van der Waals surface area contributed by atoms with Crippen molar-refractivity contribution in [3.8, 4) is 0 Å². The van der Waals surface area contributed by atoms with Gasteiger partial charge in [0.05, 0.1) is 5.69 Å². The molecule has 0 saturated heterocycles. The lowest BCUT2D eigenvalue weighted by Crippen LogP contribution is -2.00. The number of benzene rings is 2. The summed E-state index contributed by atoms with van der Waals surface area (Å²) in [6.07, 6.45) is 0. The minimum Gasteiger partial charge on any atom is -0.398 e. The molecule has 2 nitrogen and oxygen atoms in total. The van der Waals surface area contributed by atoms with E-state index >= 15 is 0 Å². The van der Waals surface area contributed by atoms with E-state index in [4.69, 9.17) is 11.5 Å². The van der Waals surface area contributed by atoms with E-state index in [9.17, 15) is 13.2 Å². The van der Waals surface area contributed by atoms with E-state index in [-0.39, 0.29) is 16.5 Å². The molecule has 2 rings (SSSR count). The zero-order valence-electron chi connectivity index (χ0n) is 7.52. The maximum Gasteiger partial charge on any atom is 0.182 e. The van der Waals surface area contributed by atoms with Crippen LogP contribution in [0.15, 0.2) is 18.2 Å². The van der Waals surface area contributed by atoms with Crippen LogP contribution in [0.3, 0.4) is 0 Å². The topological polar surface area (TPSA) is 52.0 Å². The van der Waals surface area contributed by atoms with Gasteiger partial charge in [0.1, 0.15) is 5.82 Å². The number of anilines is 2. The zero-order valence-corrected chi connectivity index (χ0v) is 7.52. The van der Waals surface area contributed by atoms with Gasteiger partial charge in [-0.05, 0) is 18.2 Å². The third-order valence-corrected chi connectivity index (χ3v) is 2.21. The molecule has 0 aromatic heterocycles. The van der Waals surface area contributed by atoms with Crippen LogP contribution in [-0.2, 0) is 0 Å². The fourth-order valence-corrected chi connectivity index (χ4v) is 1.47. The molecule has 15 heavy (non-hydrogen) atoms. The van der Waals surface area contributed by atoms with Crippen LogP contribution in [0, 0.1) is 17.5 Å². The Bertz CT molecular complexity index is 552. The maximum atomic E-state index is 13.3. The molecule has 0 atom stereocenters. The number of nitrogens with two attached hydrogens (primary N) is 2. The van der Waals surface area contributed by atoms with Crippen molar-refractivity contribution < 1.29 is 13.2 Å². The minimum atomic E-state index is -1.26. The van der Waals surface area contributed by atoms with E-state index in [2.05, 4.69) is 0 Å². The van der Waals surface area contributed by atoms with E-state index in [0.29, 0.717) is 0 Å². The first kappa shape index (κ1) is 9.64. The van der Waals surface area contributed by atoms with Crippen LogP contribution >= 0.6 is 0 Å². The summed E-state index contributed by atoms with van der Waals surface area (Å²) < 4.78 is 39.4. The smallest absolute Gasteiger partial charge is 0.182 e. The highest BCUT2D eigenvalue weighted by Gasteiger charge is 2.15. The summed E-state index contributed by atoms with van der Waals surface area (Å²) in [5, 5.41) is -0.111. The van der Waals surface area contributed by atoms with Gasteiger partial charge in [0, 0.05) is 16.5 Å². The van der Waals surface area contributed by atoms with Crippen LogP contribution < -0.4 is 11.5 Å². The van der Waals surface area contributed by atoms with Gasteiger partial charge in [0.2, 0.25) is 0 Å². The van der Waals surface area contributed by atoms with Crippen LogP contribution in [0.25, 0.3) is 10.8 Å². The van der Waals surface area contributed by atoms with Gasteiger partial charge in [-0.2, -0.15) is 0 Å². The van der Waals surface area contributed by atoms with E-state index in [0.717, 1.165) is 12.1 Å². The predicted molar refractivity (Wildman–Crippen MR) is 52.6 cm³/mol. The molecule has 5 heteroatoms. The molecule has 0 bridgehead atoms. The van der Waals surface area contributed by atoms with Gasteiger partial charge in [0.15, 0.2) is 11.6 Å². The summed E-state index contributed by atoms with van der Waals surface area (Å²) in [6.45, 7) is 0. The van der Waals surface area contributed by atoms with Crippen molar-refractivity contribution in [1.82, 2.24) is 0 Å². The summed E-state index contributed by atoms with van der Waals surface area (Å²) in [5.74, 6) is -3.13. The van der Waals surface area contributed by atoms with Crippen LogP contribution in [0.4, 0.5) is 24.5 Å². The van der Waals surface area contributed by atoms with Crippen molar-refractivity contribution in [2.24, 2.45) is 0 Å². The molecule has 4 N–H and O–H groups in total. The number of hydrogen-bond acceptors (Lipinski definition) is 2. The van der Waals surface area contributed by atoms with E-state index in [1.54, 1.807) is 0 Å². The first-order valence-corrected chi connectivity index (χ1v) is 4.13. The average molecular weight is 212 g/mol. The molecule has 2 aromatic carbocycles. The van der Waals surface area contributed by atoms with E-state index in [1.807, 2.05) is 0 Å². The van der Waals surface area contributed by atoms with Gasteiger partial charge in [-0.25, -0.2) is 13.2 Å². The van der Waals surface area contributed by atoms with Gasteiger partial charge < -0.3 is 11.5 Å². The molecule has 0 fully saturated rings. The monoisotopic (exact) mass is 212 g/mol. The van der Waals surface area contributed by atoms with Gasteiger partial charge in [0.25, 0.3) is 0 Å². The standard InChI is InChI=1S/C10H7F3N2/c11-5-1-2-7(14)4-3-6(12)9(13)10(15)8(4)5/h1-3H,14-15H2. The molecule has 0 amide bonds. The summed E-state index contributed by atoms with van der Waals surface area (Å²) in [7, 11) is 0. The molecule has 0 saturated carbocycles. The second kappa shape index (κ2) is 3.05. The second-order valence-corrected chi connectivity index (χ2v) is 3.15. The minimum absolute atomic E-state index is 0.0754. The SMILES string of the molecule is Nc1ccc(F)c2c(N)c(F)c(F)cc12. The highest BCUT2D eigenvalue weighted by molar-refractivity contribution is 6.00. The number of rotatable bonds is 0. The Morgan fingerprint density at radius 3 is 2.27 bits per heavy atom. The summed E-state index contributed by atoms with van der Waals surface area (Å²) >= 11 is 0. The third-order valence-electron chi connectivity index (χ3n) is 2.21. The lowest BCUT2D eigenvalue weighted by atomic mass is 10.1. The molecule has 0 aliphatic carbocycles. The molecule has 0 spiro atoms. The fraction of sp³-hybridized carbons (Fsp3) is 0. The van der Waals surface area contributed by atoms with Gasteiger partial charge in [-0.15, -0.1) is 0 Å². The Morgan fingerprint density at radius 1 is 0.933 bits per heavy atom. The summed E-state index contributed by atoms with van der Waals surface area (Å²) in [6, 6.07) is 3.17. The molecule has 0 aliphatic heterocycles. The predicted octanol–water partition coefficient (Wildman–Crippen LogP) is 2.42. The van der Waals surface area contributed by atoms with Gasteiger partial charge >= 0.3 is 0 Å². The average Bonchev–Trinajstić information content (AvgIpc) is 2.20. The highest BCUT2D eigenvalue weighted by Crippen LogP contribution is 2.31. The van der Waals surface area contributed by atoms with Crippen molar-refractivity contribution in [1.29, 1.82) is 0 Å². The van der Waals surface area contributed by atoms with Crippen LogP contribution in [0.2, 0.25) is 0 Å². The first-order valence-electron chi connectivity index (χ1n) is 4.13. The molecule has 2 aromatic rings. The fourth-order valence-electron chi connectivity index (χ4n) is 1.47. The van der Waals surface area contributed by atoms with Gasteiger partial charge in [-0.3, -0.25) is 0 Å². The van der Waals surface area contributed by atoms with Crippen molar-refractivity contribution >= 4 is 22.1 Å². The summed E-state index contributed by atoms with van der Waals surface area (Å²) in [4.78, 5) is 0. The Labute approximate surface area is 83.3 Å². The number of nitrogen functional groups attached to an aromatic ring is 2. The lowest BCUT2D eigenvalue weighted by Gasteiger charge is -2.07. The normalized spacial score (nSPS) is 10.9. The lowest BCUT2D eigenvalue weighted by molar-refractivity contribution is 0.513. The van der Waals surface area contributed by atoms with Crippen LogP contribution in [-0.4, -0.2) is 0 Å². The van der Waals surface area contributed by atoms with Crippen molar-refractivity contribution in [3.05, 3.63) is 35.7 Å². The molecule has 0 radical (unpaired) electrons. The van der Waals surface area contributed by atoms with Gasteiger partial charge in [-0.1, -0.05) is 0 Å². The Hall–Kier alpha value is -1.91. The molecule has 0 unspecified atom stereocenters. The molecule has 0 heterocycles. The molecular formula is C10H7F3N2. The number of hydrogen-bond donors (Lipinski definition) is 2. The van der Waals surface area contributed by atoms with E-state index < -0.39 is 23.1 Å². The van der Waals surface area contributed by atoms with Crippen LogP contribution in [0.5, 0.6) is 0 Å². The number of fused-ring (bicyclic) bond motifs is 1. The maximum absolute atomic E-state index is 13.3. The Kier molecular flexibility index (Phi) is 1.96. The quantitative estimate of drug-likeness (QED) is 0.659.